The molecule has 17 heavy (non-hydrogen) atoms. The third-order valence-electron chi connectivity index (χ3n) is 2.92. The zero-order valence-electron chi connectivity index (χ0n) is 10.6. The van der Waals surface area contributed by atoms with Crippen LogP contribution in [0.4, 0.5) is 0 Å². The normalized spacial score (nSPS) is 12.4. The van der Waals surface area contributed by atoms with Crippen LogP contribution in [-0.4, -0.2) is 17.3 Å². The van der Waals surface area contributed by atoms with Crippen molar-refractivity contribution >= 4 is 0 Å². The van der Waals surface area contributed by atoms with Gasteiger partial charge in [-0.15, -0.1) is 0 Å². The van der Waals surface area contributed by atoms with E-state index in [1.165, 1.54) is 20.0 Å². The van der Waals surface area contributed by atoms with Crippen LogP contribution in [0.5, 0.6) is 11.5 Å². The van der Waals surface area contributed by atoms with E-state index in [1.54, 1.807) is 18.2 Å². The van der Waals surface area contributed by atoms with Gasteiger partial charge in [0.2, 0.25) is 0 Å². The summed E-state index contributed by atoms with van der Waals surface area (Å²) in [6.45, 7) is 2.16. The van der Waals surface area contributed by atoms with Crippen molar-refractivity contribution in [2.24, 2.45) is 0 Å². The van der Waals surface area contributed by atoms with Crippen LogP contribution in [0.1, 0.15) is 50.7 Å². The van der Waals surface area contributed by atoms with Crippen molar-refractivity contribution in [2.75, 3.05) is 7.11 Å². The highest BCUT2D eigenvalue weighted by atomic mass is 16.5. The molecule has 3 heteroatoms. The van der Waals surface area contributed by atoms with Gasteiger partial charge in [0.05, 0.1) is 13.2 Å². The minimum absolute atomic E-state index is 0.0811. The van der Waals surface area contributed by atoms with Gasteiger partial charge in [-0.25, -0.2) is 0 Å². The molecule has 3 nitrogen and oxygen atoms in total. The Balaban J connectivity index is 2.51. The molecule has 0 bridgehead atoms. The molecule has 0 aliphatic rings. The van der Waals surface area contributed by atoms with Gasteiger partial charge in [-0.3, -0.25) is 0 Å². The lowest BCUT2D eigenvalue weighted by atomic mass is 10.0. The summed E-state index contributed by atoms with van der Waals surface area (Å²) < 4.78 is 4.96. The lowest BCUT2D eigenvalue weighted by molar-refractivity contribution is 0.163. The minimum atomic E-state index is -0.497. The second-order valence-corrected chi connectivity index (χ2v) is 4.30. The zero-order valence-corrected chi connectivity index (χ0v) is 10.6. The topological polar surface area (TPSA) is 49.7 Å². The molecule has 0 fully saturated rings. The number of phenolic OH excluding ortho intramolecular Hbond substituents is 1. The van der Waals surface area contributed by atoms with Crippen LogP contribution in [-0.2, 0) is 0 Å². The number of ether oxygens (including phenoxy) is 1. The number of phenols is 1. The van der Waals surface area contributed by atoms with Gasteiger partial charge < -0.3 is 14.9 Å². The summed E-state index contributed by atoms with van der Waals surface area (Å²) >= 11 is 0. The number of aliphatic hydroxyl groups excluding tert-OH is 1. The molecule has 0 aliphatic carbocycles. The van der Waals surface area contributed by atoms with Gasteiger partial charge in [0.25, 0.3) is 0 Å². The first-order chi connectivity index (χ1) is 8.19. The summed E-state index contributed by atoms with van der Waals surface area (Å²) in [5.74, 6) is 0.518. The first-order valence-corrected chi connectivity index (χ1v) is 6.24. The first kappa shape index (κ1) is 13.8. The van der Waals surface area contributed by atoms with Crippen LogP contribution in [0, 0.1) is 0 Å². The van der Waals surface area contributed by atoms with E-state index >= 15 is 0 Å². The van der Waals surface area contributed by atoms with E-state index in [9.17, 15) is 10.2 Å². The monoisotopic (exact) mass is 238 g/mol. The number of rotatable bonds is 7. The molecule has 96 valence electrons. The summed E-state index contributed by atoms with van der Waals surface area (Å²) in [7, 11) is 1.51. The molecular weight excluding hydrogens is 216 g/mol. The molecule has 1 unspecified atom stereocenters. The number of hydrogen-bond donors (Lipinski definition) is 2. The summed E-state index contributed by atoms with van der Waals surface area (Å²) in [6, 6.07) is 5.05. The maximum Gasteiger partial charge on any atom is 0.160 e. The molecule has 1 aromatic rings. The van der Waals surface area contributed by atoms with E-state index in [0.717, 1.165) is 24.8 Å². The average Bonchev–Trinajstić information content (AvgIpc) is 2.34. The van der Waals surface area contributed by atoms with Crippen LogP contribution in [0.2, 0.25) is 0 Å². The molecule has 0 spiro atoms. The highest BCUT2D eigenvalue weighted by Gasteiger charge is 2.10. The Kier molecular flexibility index (Phi) is 5.84. The maximum absolute atomic E-state index is 9.96. The molecule has 1 atom stereocenters. The molecule has 1 rings (SSSR count). The summed E-state index contributed by atoms with van der Waals surface area (Å²) in [5.41, 5.74) is 0.750. The largest absolute Gasteiger partial charge is 0.504 e. The lowest BCUT2D eigenvalue weighted by Gasteiger charge is -2.12. The van der Waals surface area contributed by atoms with Crippen LogP contribution < -0.4 is 4.74 Å². The van der Waals surface area contributed by atoms with E-state index in [-0.39, 0.29) is 5.75 Å². The van der Waals surface area contributed by atoms with Gasteiger partial charge in [-0.05, 0) is 24.1 Å². The van der Waals surface area contributed by atoms with Crippen molar-refractivity contribution in [2.45, 2.75) is 45.1 Å². The Morgan fingerprint density at radius 3 is 2.59 bits per heavy atom. The highest BCUT2D eigenvalue weighted by molar-refractivity contribution is 5.42. The van der Waals surface area contributed by atoms with Crippen molar-refractivity contribution in [1.29, 1.82) is 0 Å². The Morgan fingerprint density at radius 1 is 1.24 bits per heavy atom. The molecular formula is C14H22O3. The third-order valence-corrected chi connectivity index (χ3v) is 2.92. The number of aromatic hydroxyl groups is 1. The van der Waals surface area contributed by atoms with Crippen molar-refractivity contribution in [1.82, 2.24) is 0 Å². The number of methoxy groups -OCH3 is 1. The second kappa shape index (κ2) is 7.17. The van der Waals surface area contributed by atoms with E-state index in [1.807, 2.05) is 0 Å². The van der Waals surface area contributed by atoms with Crippen molar-refractivity contribution in [3.63, 3.8) is 0 Å². The van der Waals surface area contributed by atoms with Crippen LogP contribution >= 0.6 is 0 Å². The summed E-state index contributed by atoms with van der Waals surface area (Å²) in [6.07, 6.45) is 4.81. The lowest BCUT2D eigenvalue weighted by Crippen LogP contribution is -1.97. The summed E-state index contributed by atoms with van der Waals surface area (Å²) in [5, 5.41) is 19.6. The maximum atomic E-state index is 9.96. The number of benzene rings is 1. The molecule has 0 heterocycles. The zero-order chi connectivity index (χ0) is 12.7. The van der Waals surface area contributed by atoms with E-state index < -0.39 is 6.10 Å². The van der Waals surface area contributed by atoms with Gasteiger partial charge in [0.15, 0.2) is 11.5 Å². The fourth-order valence-electron chi connectivity index (χ4n) is 1.85. The van der Waals surface area contributed by atoms with Crippen molar-refractivity contribution < 1.29 is 14.9 Å². The predicted octanol–water partition coefficient (Wildman–Crippen LogP) is 3.40. The number of unbranched alkanes of at least 4 members (excludes halogenated alkanes) is 3. The smallest absolute Gasteiger partial charge is 0.160 e. The van der Waals surface area contributed by atoms with Crippen LogP contribution in [0.15, 0.2) is 18.2 Å². The second-order valence-electron chi connectivity index (χ2n) is 4.30. The van der Waals surface area contributed by atoms with Crippen LogP contribution in [0.25, 0.3) is 0 Å². The standard InChI is InChI=1S/C14H22O3/c1-3-4-5-6-7-12(15)11-8-9-14(17-2)13(16)10-11/h8-10,12,15-16H,3-7H2,1-2H3. The van der Waals surface area contributed by atoms with Crippen LogP contribution in [0.3, 0.4) is 0 Å². The quantitative estimate of drug-likeness (QED) is 0.716. The molecule has 0 saturated carbocycles. The SMILES string of the molecule is CCCCCCC(O)c1ccc(OC)c(O)c1. The van der Waals surface area contributed by atoms with Gasteiger partial charge in [0.1, 0.15) is 0 Å². The van der Waals surface area contributed by atoms with Crippen molar-refractivity contribution in [3.8, 4) is 11.5 Å². The van der Waals surface area contributed by atoms with Crippen molar-refractivity contribution in [3.05, 3.63) is 23.8 Å². The van der Waals surface area contributed by atoms with E-state index in [4.69, 9.17) is 4.74 Å². The fraction of sp³-hybridized carbons (Fsp3) is 0.571. The Bertz CT molecular complexity index is 336. The number of aliphatic hydroxyl groups is 1. The molecule has 1 aromatic carbocycles. The number of hydrogen-bond acceptors (Lipinski definition) is 3. The predicted molar refractivity (Wildman–Crippen MR) is 68.4 cm³/mol. The fourth-order valence-corrected chi connectivity index (χ4v) is 1.85. The Morgan fingerprint density at radius 2 is 2.00 bits per heavy atom. The third kappa shape index (κ3) is 4.27. The first-order valence-electron chi connectivity index (χ1n) is 6.24. The Hall–Kier alpha value is -1.22. The van der Waals surface area contributed by atoms with E-state index in [2.05, 4.69) is 6.92 Å². The molecule has 0 aliphatic heterocycles. The minimum Gasteiger partial charge on any atom is -0.504 e. The Labute approximate surface area is 103 Å². The molecule has 2 N–H and O–H groups in total. The molecule has 0 amide bonds. The molecule has 0 saturated heterocycles. The van der Waals surface area contributed by atoms with Gasteiger partial charge >= 0.3 is 0 Å². The molecule has 0 radical (unpaired) electrons. The highest BCUT2D eigenvalue weighted by Crippen LogP contribution is 2.30. The van der Waals surface area contributed by atoms with Gasteiger partial charge in [0, 0.05) is 0 Å². The van der Waals surface area contributed by atoms with Gasteiger partial charge in [-0.1, -0.05) is 38.7 Å². The molecule has 0 aromatic heterocycles. The summed E-state index contributed by atoms with van der Waals surface area (Å²) in [4.78, 5) is 0. The average molecular weight is 238 g/mol. The van der Waals surface area contributed by atoms with E-state index in [0.29, 0.717) is 5.75 Å². The van der Waals surface area contributed by atoms with Gasteiger partial charge in [-0.2, -0.15) is 0 Å².